The second-order valence-corrected chi connectivity index (χ2v) is 5.42. The lowest BCUT2D eigenvalue weighted by atomic mass is 10.00. The fourth-order valence-electron chi connectivity index (χ4n) is 2.19. The lowest BCUT2D eigenvalue weighted by molar-refractivity contribution is 0.231. The summed E-state index contributed by atoms with van der Waals surface area (Å²) < 4.78 is 6.05. The third kappa shape index (κ3) is 4.72. The quantitative estimate of drug-likeness (QED) is 0.598. The van der Waals surface area contributed by atoms with Gasteiger partial charge in [-0.15, -0.1) is 0 Å². The molecule has 0 aliphatic carbocycles. The van der Waals surface area contributed by atoms with Crippen LogP contribution in [0.2, 0.25) is 0 Å². The fraction of sp³-hybridized carbons (Fsp3) is 0.647. The van der Waals surface area contributed by atoms with Gasteiger partial charge in [-0.25, -0.2) is 0 Å². The summed E-state index contributed by atoms with van der Waals surface area (Å²) in [6, 6.07) is 8.43. The van der Waals surface area contributed by atoms with E-state index in [1.165, 1.54) is 31.2 Å². The molecule has 0 spiro atoms. The normalized spacial score (nSPS) is 12.7. The molecule has 0 saturated heterocycles. The summed E-state index contributed by atoms with van der Waals surface area (Å²) in [5.41, 5.74) is 1.32. The van der Waals surface area contributed by atoms with E-state index in [0.717, 1.165) is 12.4 Å². The highest BCUT2D eigenvalue weighted by Crippen LogP contribution is 2.26. The van der Waals surface area contributed by atoms with E-state index >= 15 is 0 Å². The first-order valence-corrected chi connectivity index (χ1v) is 7.40. The zero-order chi connectivity index (χ0) is 13.4. The minimum atomic E-state index is 0.525. The van der Waals surface area contributed by atoms with E-state index in [1.807, 2.05) is 0 Å². The predicted octanol–water partition coefficient (Wildman–Crippen LogP) is 5.41. The summed E-state index contributed by atoms with van der Waals surface area (Å²) >= 11 is 0. The standard InChI is InChI=1S/C17H28O/c1-5-7-10-15(6-2)13-18-17-12-9-8-11-16(17)14(3)4/h8-9,11-12,14-15H,5-7,10,13H2,1-4H3. The average molecular weight is 248 g/mol. The van der Waals surface area contributed by atoms with Crippen LogP contribution in [-0.4, -0.2) is 6.61 Å². The monoisotopic (exact) mass is 248 g/mol. The zero-order valence-electron chi connectivity index (χ0n) is 12.4. The van der Waals surface area contributed by atoms with Gasteiger partial charge in [0.05, 0.1) is 6.61 Å². The van der Waals surface area contributed by atoms with Gasteiger partial charge in [0.25, 0.3) is 0 Å². The van der Waals surface area contributed by atoms with Crippen molar-refractivity contribution in [3.05, 3.63) is 29.8 Å². The van der Waals surface area contributed by atoms with Crippen LogP contribution in [0.3, 0.4) is 0 Å². The van der Waals surface area contributed by atoms with Crippen LogP contribution < -0.4 is 4.74 Å². The lowest BCUT2D eigenvalue weighted by Gasteiger charge is -2.18. The Kier molecular flexibility index (Phi) is 6.85. The highest BCUT2D eigenvalue weighted by atomic mass is 16.5. The molecule has 0 amide bonds. The fourth-order valence-corrected chi connectivity index (χ4v) is 2.19. The molecule has 1 heteroatoms. The molecule has 0 radical (unpaired) electrons. The molecule has 0 fully saturated rings. The summed E-state index contributed by atoms with van der Waals surface area (Å²) in [4.78, 5) is 0. The van der Waals surface area contributed by atoms with E-state index in [9.17, 15) is 0 Å². The molecule has 0 bridgehead atoms. The molecule has 0 aliphatic heterocycles. The molecule has 1 aromatic rings. The highest BCUT2D eigenvalue weighted by Gasteiger charge is 2.10. The Labute approximate surface area is 113 Å². The van der Waals surface area contributed by atoms with E-state index in [-0.39, 0.29) is 0 Å². The van der Waals surface area contributed by atoms with Gasteiger partial charge in [0.15, 0.2) is 0 Å². The number of rotatable bonds is 8. The van der Waals surface area contributed by atoms with Crippen molar-refractivity contribution in [3.63, 3.8) is 0 Å². The van der Waals surface area contributed by atoms with Gasteiger partial charge in [-0.2, -0.15) is 0 Å². The molecule has 0 N–H and O–H groups in total. The molecule has 1 unspecified atom stereocenters. The smallest absolute Gasteiger partial charge is 0.122 e. The molecule has 0 heterocycles. The first-order valence-electron chi connectivity index (χ1n) is 7.40. The molecule has 1 aromatic carbocycles. The first kappa shape index (κ1) is 15.1. The Bertz CT molecular complexity index is 330. The lowest BCUT2D eigenvalue weighted by Crippen LogP contribution is -2.12. The molecule has 18 heavy (non-hydrogen) atoms. The maximum atomic E-state index is 6.05. The highest BCUT2D eigenvalue weighted by molar-refractivity contribution is 5.35. The van der Waals surface area contributed by atoms with Crippen molar-refractivity contribution in [2.75, 3.05) is 6.61 Å². The Morgan fingerprint density at radius 2 is 1.83 bits per heavy atom. The topological polar surface area (TPSA) is 9.23 Å². The number of ether oxygens (including phenoxy) is 1. The molecule has 1 nitrogen and oxygen atoms in total. The Balaban J connectivity index is 2.56. The van der Waals surface area contributed by atoms with Gasteiger partial charge in [0, 0.05) is 0 Å². The molecular weight excluding hydrogens is 220 g/mol. The second kappa shape index (κ2) is 8.18. The van der Waals surface area contributed by atoms with Crippen molar-refractivity contribution in [3.8, 4) is 5.75 Å². The summed E-state index contributed by atoms with van der Waals surface area (Å²) in [7, 11) is 0. The Hall–Kier alpha value is -0.980. The molecule has 1 rings (SSSR count). The number of benzene rings is 1. The minimum Gasteiger partial charge on any atom is -0.493 e. The zero-order valence-corrected chi connectivity index (χ0v) is 12.4. The van der Waals surface area contributed by atoms with E-state index in [4.69, 9.17) is 4.74 Å². The van der Waals surface area contributed by atoms with Gasteiger partial charge in [0.1, 0.15) is 5.75 Å². The summed E-state index contributed by atoms with van der Waals surface area (Å²) in [6.07, 6.45) is 5.09. The SMILES string of the molecule is CCCCC(CC)COc1ccccc1C(C)C. The first-order chi connectivity index (χ1) is 8.69. The number of hydrogen-bond donors (Lipinski definition) is 0. The van der Waals surface area contributed by atoms with Crippen molar-refractivity contribution in [1.82, 2.24) is 0 Å². The van der Waals surface area contributed by atoms with E-state index in [2.05, 4.69) is 52.0 Å². The largest absolute Gasteiger partial charge is 0.493 e. The third-order valence-corrected chi connectivity index (χ3v) is 3.56. The number of para-hydroxylation sites is 1. The van der Waals surface area contributed by atoms with Crippen LogP contribution in [0.1, 0.15) is 64.9 Å². The van der Waals surface area contributed by atoms with Gasteiger partial charge in [0.2, 0.25) is 0 Å². The van der Waals surface area contributed by atoms with Crippen molar-refractivity contribution < 1.29 is 4.74 Å². The van der Waals surface area contributed by atoms with Crippen LogP contribution in [-0.2, 0) is 0 Å². The van der Waals surface area contributed by atoms with Crippen molar-refractivity contribution in [2.45, 2.75) is 59.3 Å². The van der Waals surface area contributed by atoms with E-state index < -0.39 is 0 Å². The maximum absolute atomic E-state index is 6.05. The van der Waals surface area contributed by atoms with Gasteiger partial charge in [-0.1, -0.05) is 65.2 Å². The van der Waals surface area contributed by atoms with Gasteiger partial charge < -0.3 is 4.74 Å². The van der Waals surface area contributed by atoms with Crippen LogP contribution in [0, 0.1) is 5.92 Å². The third-order valence-electron chi connectivity index (χ3n) is 3.56. The Morgan fingerprint density at radius 3 is 2.44 bits per heavy atom. The molecule has 102 valence electrons. The van der Waals surface area contributed by atoms with Crippen LogP contribution in [0.4, 0.5) is 0 Å². The van der Waals surface area contributed by atoms with Crippen LogP contribution in [0.15, 0.2) is 24.3 Å². The van der Waals surface area contributed by atoms with Crippen LogP contribution >= 0.6 is 0 Å². The molecule has 0 aliphatic rings. The van der Waals surface area contributed by atoms with Crippen molar-refractivity contribution >= 4 is 0 Å². The maximum Gasteiger partial charge on any atom is 0.122 e. The second-order valence-electron chi connectivity index (χ2n) is 5.42. The average Bonchev–Trinajstić information content (AvgIpc) is 2.39. The number of hydrogen-bond acceptors (Lipinski definition) is 1. The van der Waals surface area contributed by atoms with Gasteiger partial charge >= 0.3 is 0 Å². The van der Waals surface area contributed by atoms with Gasteiger partial charge in [-0.05, 0) is 29.9 Å². The van der Waals surface area contributed by atoms with Gasteiger partial charge in [-0.3, -0.25) is 0 Å². The molecular formula is C17H28O. The number of unbranched alkanes of at least 4 members (excludes halogenated alkanes) is 1. The molecule has 0 saturated carbocycles. The summed E-state index contributed by atoms with van der Waals surface area (Å²) in [5, 5.41) is 0. The van der Waals surface area contributed by atoms with Crippen molar-refractivity contribution in [1.29, 1.82) is 0 Å². The summed E-state index contributed by atoms with van der Waals surface area (Å²) in [5.74, 6) is 2.30. The van der Waals surface area contributed by atoms with E-state index in [0.29, 0.717) is 11.8 Å². The van der Waals surface area contributed by atoms with Crippen LogP contribution in [0.5, 0.6) is 5.75 Å². The predicted molar refractivity (Wildman–Crippen MR) is 79.3 cm³/mol. The van der Waals surface area contributed by atoms with E-state index in [1.54, 1.807) is 0 Å². The summed E-state index contributed by atoms with van der Waals surface area (Å²) in [6.45, 7) is 9.81. The minimum absolute atomic E-state index is 0.525. The Morgan fingerprint density at radius 1 is 1.11 bits per heavy atom. The van der Waals surface area contributed by atoms with Crippen LogP contribution in [0.25, 0.3) is 0 Å². The molecule has 0 aromatic heterocycles. The molecule has 1 atom stereocenters. The van der Waals surface area contributed by atoms with Crippen molar-refractivity contribution in [2.24, 2.45) is 5.92 Å².